The molecule has 0 spiro atoms. The maximum absolute atomic E-state index is 12.0. The van der Waals surface area contributed by atoms with Crippen LogP contribution in [0.25, 0.3) is 0 Å². The predicted molar refractivity (Wildman–Crippen MR) is 77.7 cm³/mol. The molecule has 0 fully saturated rings. The molecule has 2 aromatic rings. The maximum Gasteiger partial charge on any atom is 0.411 e. The minimum absolute atomic E-state index is 0.127. The molecule has 2 N–H and O–H groups in total. The zero-order valence-electron chi connectivity index (χ0n) is 11.2. The van der Waals surface area contributed by atoms with Gasteiger partial charge in [-0.15, -0.1) is 0 Å². The first-order chi connectivity index (χ1) is 9.79. The summed E-state index contributed by atoms with van der Waals surface area (Å²) in [6.45, 7) is 0.832. The molecule has 2 aromatic carbocycles. The molecule has 0 unspecified atom stereocenters. The van der Waals surface area contributed by atoms with Crippen LogP contribution < -0.4 is 5.73 Å². The summed E-state index contributed by atoms with van der Waals surface area (Å²) in [4.78, 5) is 13.4. The number of carbonyl (C=O) groups is 1. The molecule has 1 amide bonds. The maximum atomic E-state index is 12.0. The Morgan fingerprint density at radius 1 is 0.950 bits per heavy atom. The number of hydrogen-bond donors (Lipinski definition) is 1. The van der Waals surface area contributed by atoms with E-state index in [0.29, 0.717) is 6.54 Å². The fraction of sp³-hybridized carbons (Fsp3) is 0.188. The second-order valence-corrected chi connectivity index (χ2v) is 4.41. The Kier molecular flexibility index (Phi) is 5.15. The topological polar surface area (TPSA) is 55.6 Å². The third-order valence-electron chi connectivity index (χ3n) is 2.90. The molecule has 2 rings (SSSR count). The van der Waals surface area contributed by atoms with Gasteiger partial charge in [0.2, 0.25) is 0 Å². The fourth-order valence-electron chi connectivity index (χ4n) is 1.82. The second-order valence-electron chi connectivity index (χ2n) is 4.41. The number of ether oxygens (including phenoxy) is 1. The number of benzene rings is 2. The summed E-state index contributed by atoms with van der Waals surface area (Å²) in [5, 5.41) is 0. The highest BCUT2D eigenvalue weighted by Gasteiger charge is 2.13. The van der Waals surface area contributed by atoms with Gasteiger partial charge in [-0.05, 0) is 11.1 Å². The molecule has 0 aliphatic carbocycles. The van der Waals surface area contributed by atoms with Crippen LogP contribution in [0.4, 0.5) is 4.79 Å². The van der Waals surface area contributed by atoms with Gasteiger partial charge in [0.1, 0.15) is 6.61 Å². The van der Waals surface area contributed by atoms with Gasteiger partial charge in [-0.3, -0.25) is 4.90 Å². The molecule has 4 nitrogen and oxygen atoms in total. The van der Waals surface area contributed by atoms with E-state index in [-0.39, 0.29) is 13.3 Å². The summed E-state index contributed by atoms with van der Waals surface area (Å²) in [5.41, 5.74) is 7.59. The lowest BCUT2D eigenvalue weighted by Crippen LogP contribution is -2.35. The van der Waals surface area contributed by atoms with Crippen LogP contribution in [0, 0.1) is 0 Å². The number of hydrogen-bond acceptors (Lipinski definition) is 3. The SMILES string of the molecule is NCN(Cc1ccccc1)C(=O)OCc1ccccc1. The number of nitrogens with zero attached hydrogens (tertiary/aromatic N) is 1. The second kappa shape index (κ2) is 7.31. The van der Waals surface area contributed by atoms with Gasteiger partial charge in [0.15, 0.2) is 0 Å². The van der Waals surface area contributed by atoms with Crippen LogP contribution in [-0.2, 0) is 17.9 Å². The van der Waals surface area contributed by atoms with Gasteiger partial charge in [0.25, 0.3) is 0 Å². The zero-order valence-corrected chi connectivity index (χ0v) is 11.2. The molecular formula is C16H18N2O2. The molecule has 0 aliphatic heterocycles. The van der Waals surface area contributed by atoms with Crippen LogP contribution >= 0.6 is 0 Å². The molecule has 0 saturated carbocycles. The van der Waals surface area contributed by atoms with Crippen molar-refractivity contribution in [2.75, 3.05) is 6.67 Å². The molecule has 4 heteroatoms. The van der Waals surface area contributed by atoms with Crippen molar-refractivity contribution in [1.82, 2.24) is 4.90 Å². The third kappa shape index (κ3) is 4.10. The third-order valence-corrected chi connectivity index (χ3v) is 2.90. The molecule has 0 radical (unpaired) electrons. The van der Waals surface area contributed by atoms with E-state index in [4.69, 9.17) is 10.5 Å². The molecule has 0 atom stereocenters. The predicted octanol–water partition coefficient (Wildman–Crippen LogP) is 2.74. The molecular weight excluding hydrogens is 252 g/mol. The van der Waals surface area contributed by atoms with E-state index in [1.165, 1.54) is 4.90 Å². The van der Waals surface area contributed by atoms with Crippen molar-refractivity contribution < 1.29 is 9.53 Å². The summed E-state index contributed by atoms with van der Waals surface area (Å²) in [6.07, 6.45) is -0.403. The van der Waals surface area contributed by atoms with Crippen LogP contribution in [-0.4, -0.2) is 17.7 Å². The van der Waals surface area contributed by atoms with E-state index in [9.17, 15) is 4.79 Å². The monoisotopic (exact) mass is 270 g/mol. The molecule has 0 aromatic heterocycles. The Morgan fingerprint density at radius 2 is 1.50 bits per heavy atom. The van der Waals surface area contributed by atoms with E-state index in [1.54, 1.807) is 0 Å². The Morgan fingerprint density at radius 3 is 2.05 bits per heavy atom. The van der Waals surface area contributed by atoms with Gasteiger partial charge in [-0.2, -0.15) is 0 Å². The average Bonchev–Trinajstić information content (AvgIpc) is 2.52. The molecule has 0 heterocycles. The fourth-order valence-corrected chi connectivity index (χ4v) is 1.82. The van der Waals surface area contributed by atoms with Crippen molar-refractivity contribution in [2.24, 2.45) is 5.73 Å². The minimum Gasteiger partial charge on any atom is -0.445 e. The summed E-state index contributed by atoms with van der Waals surface area (Å²) >= 11 is 0. The first kappa shape index (κ1) is 14.1. The Balaban J connectivity index is 1.89. The van der Waals surface area contributed by atoms with Crippen molar-refractivity contribution in [1.29, 1.82) is 0 Å². The quantitative estimate of drug-likeness (QED) is 0.850. The minimum atomic E-state index is -0.403. The first-order valence-electron chi connectivity index (χ1n) is 6.49. The van der Waals surface area contributed by atoms with Crippen molar-refractivity contribution in [2.45, 2.75) is 13.2 Å². The van der Waals surface area contributed by atoms with Gasteiger partial charge in [0.05, 0.1) is 13.2 Å². The van der Waals surface area contributed by atoms with Crippen molar-refractivity contribution in [3.63, 3.8) is 0 Å². The lowest BCUT2D eigenvalue weighted by Gasteiger charge is -2.20. The Bertz CT molecular complexity index is 529. The van der Waals surface area contributed by atoms with Gasteiger partial charge in [0, 0.05) is 0 Å². The summed E-state index contributed by atoms with van der Waals surface area (Å²) in [5.74, 6) is 0. The van der Waals surface area contributed by atoms with Crippen molar-refractivity contribution in [3.8, 4) is 0 Å². The van der Waals surface area contributed by atoms with Crippen LogP contribution in [0.3, 0.4) is 0 Å². The summed E-state index contributed by atoms with van der Waals surface area (Å²) in [6, 6.07) is 19.3. The number of amides is 1. The highest BCUT2D eigenvalue weighted by Crippen LogP contribution is 2.07. The smallest absolute Gasteiger partial charge is 0.411 e. The summed E-state index contributed by atoms with van der Waals surface area (Å²) < 4.78 is 5.26. The van der Waals surface area contributed by atoms with Gasteiger partial charge in [-0.25, -0.2) is 4.79 Å². The van der Waals surface area contributed by atoms with Crippen LogP contribution in [0.5, 0.6) is 0 Å². The van der Waals surface area contributed by atoms with E-state index in [2.05, 4.69) is 0 Å². The van der Waals surface area contributed by atoms with Crippen LogP contribution in [0.1, 0.15) is 11.1 Å². The van der Waals surface area contributed by atoms with Crippen molar-refractivity contribution >= 4 is 6.09 Å². The standard InChI is InChI=1S/C16H18N2O2/c17-13-18(11-14-7-3-1-4-8-14)16(19)20-12-15-9-5-2-6-10-15/h1-10H,11-13,17H2. The lowest BCUT2D eigenvalue weighted by atomic mass is 10.2. The van der Waals surface area contributed by atoms with Gasteiger partial charge < -0.3 is 10.5 Å². The average molecular weight is 270 g/mol. The van der Waals surface area contributed by atoms with Crippen LogP contribution in [0.15, 0.2) is 60.7 Å². The molecule has 0 aliphatic rings. The first-order valence-corrected chi connectivity index (χ1v) is 6.49. The highest BCUT2D eigenvalue weighted by atomic mass is 16.6. The normalized spacial score (nSPS) is 10.1. The van der Waals surface area contributed by atoms with E-state index >= 15 is 0 Å². The van der Waals surface area contributed by atoms with Crippen molar-refractivity contribution in [3.05, 3.63) is 71.8 Å². The van der Waals surface area contributed by atoms with Crippen LogP contribution in [0.2, 0.25) is 0 Å². The summed E-state index contributed by atoms with van der Waals surface area (Å²) in [7, 11) is 0. The highest BCUT2D eigenvalue weighted by molar-refractivity contribution is 5.67. The molecule has 0 bridgehead atoms. The Hall–Kier alpha value is -2.33. The van der Waals surface area contributed by atoms with Gasteiger partial charge in [-0.1, -0.05) is 60.7 Å². The molecule has 20 heavy (non-hydrogen) atoms. The molecule has 0 saturated heterocycles. The number of rotatable bonds is 5. The number of nitrogens with two attached hydrogens (primary N) is 1. The van der Waals surface area contributed by atoms with E-state index in [1.807, 2.05) is 60.7 Å². The largest absolute Gasteiger partial charge is 0.445 e. The zero-order chi connectivity index (χ0) is 14.2. The van der Waals surface area contributed by atoms with E-state index < -0.39 is 6.09 Å². The van der Waals surface area contributed by atoms with Gasteiger partial charge >= 0.3 is 6.09 Å². The lowest BCUT2D eigenvalue weighted by molar-refractivity contribution is 0.0946. The molecule has 104 valence electrons. The number of carbonyl (C=O) groups excluding carboxylic acids is 1. The van der Waals surface area contributed by atoms with E-state index in [0.717, 1.165) is 11.1 Å². The Labute approximate surface area is 118 Å².